The number of rotatable bonds is 3. The molecular formula is C20H25N5O. The van der Waals surface area contributed by atoms with Crippen LogP contribution >= 0.6 is 0 Å². The van der Waals surface area contributed by atoms with Crippen LogP contribution in [0.3, 0.4) is 0 Å². The molecule has 0 saturated carbocycles. The number of carbonyl (C=O) groups is 1. The molecule has 1 aromatic heterocycles. The van der Waals surface area contributed by atoms with Crippen molar-refractivity contribution < 1.29 is 4.79 Å². The molecule has 2 aliphatic rings. The smallest absolute Gasteiger partial charge is 0.227 e. The Hall–Kier alpha value is -2.63. The highest BCUT2D eigenvalue weighted by molar-refractivity contribution is 5.77. The SMILES string of the molecule is Nc1ccnc(N2CCCC3(CCC(=O)N(Cc4ccccc4)C3)C2)n1. The van der Waals surface area contributed by atoms with Crippen molar-refractivity contribution in [2.24, 2.45) is 5.41 Å². The van der Waals surface area contributed by atoms with E-state index in [9.17, 15) is 4.79 Å². The van der Waals surface area contributed by atoms with E-state index >= 15 is 0 Å². The van der Waals surface area contributed by atoms with E-state index < -0.39 is 0 Å². The number of nitrogens with two attached hydrogens (primary N) is 1. The first-order valence-electron chi connectivity index (χ1n) is 9.29. The van der Waals surface area contributed by atoms with E-state index in [1.54, 1.807) is 12.3 Å². The molecule has 0 radical (unpaired) electrons. The van der Waals surface area contributed by atoms with Crippen molar-refractivity contribution in [3.05, 3.63) is 48.2 Å². The number of nitrogens with zero attached hydrogens (tertiary/aromatic N) is 4. The number of anilines is 2. The molecule has 1 spiro atoms. The number of piperidine rings is 2. The summed E-state index contributed by atoms with van der Waals surface area (Å²) in [5, 5.41) is 0. The van der Waals surface area contributed by atoms with Crippen LogP contribution in [-0.2, 0) is 11.3 Å². The fourth-order valence-corrected chi connectivity index (χ4v) is 4.28. The molecule has 2 aliphatic heterocycles. The van der Waals surface area contributed by atoms with Gasteiger partial charge in [-0.1, -0.05) is 30.3 Å². The topological polar surface area (TPSA) is 75.3 Å². The van der Waals surface area contributed by atoms with E-state index in [0.29, 0.717) is 24.7 Å². The van der Waals surface area contributed by atoms with Crippen molar-refractivity contribution >= 4 is 17.7 Å². The summed E-state index contributed by atoms with van der Waals surface area (Å²) in [6, 6.07) is 11.9. The first kappa shape index (κ1) is 16.8. The molecule has 1 atom stereocenters. The number of aromatic nitrogens is 2. The highest BCUT2D eigenvalue weighted by Crippen LogP contribution is 2.40. The van der Waals surface area contributed by atoms with Gasteiger partial charge in [0.15, 0.2) is 0 Å². The van der Waals surface area contributed by atoms with Gasteiger partial charge in [-0.2, -0.15) is 4.98 Å². The van der Waals surface area contributed by atoms with Crippen LogP contribution in [0.4, 0.5) is 11.8 Å². The van der Waals surface area contributed by atoms with Gasteiger partial charge in [-0.3, -0.25) is 4.79 Å². The van der Waals surface area contributed by atoms with Crippen LogP contribution in [0.5, 0.6) is 0 Å². The lowest BCUT2D eigenvalue weighted by molar-refractivity contribution is -0.138. The van der Waals surface area contributed by atoms with E-state index in [-0.39, 0.29) is 11.3 Å². The lowest BCUT2D eigenvalue weighted by Gasteiger charge is -2.48. The van der Waals surface area contributed by atoms with Gasteiger partial charge in [0.2, 0.25) is 11.9 Å². The Morgan fingerprint density at radius 2 is 1.96 bits per heavy atom. The summed E-state index contributed by atoms with van der Waals surface area (Å²) >= 11 is 0. The second kappa shape index (κ2) is 6.94. The summed E-state index contributed by atoms with van der Waals surface area (Å²) < 4.78 is 0. The molecule has 1 amide bonds. The monoisotopic (exact) mass is 351 g/mol. The van der Waals surface area contributed by atoms with Gasteiger partial charge in [0, 0.05) is 44.2 Å². The molecule has 1 unspecified atom stereocenters. The number of amides is 1. The molecule has 2 fully saturated rings. The zero-order valence-corrected chi connectivity index (χ0v) is 15.0. The molecule has 6 heteroatoms. The van der Waals surface area contributed by atoms with Gasteiger partial charge in [0.05, 0.1) is 0 Å². The number of hydrogen-bond acceptors (Lipinski definition) is 5. The molecule has 0 aliphatic carbocycles. The predicted molar refractivity (Wildman–Crippen MR) is 101 cm³/mol. The highest BCUT2D eigenvalue weighted by Gasteiger charge is 2.42. The van der Waals surface area contributed by atoms with Crippen molar-refractivity contribution in [1.82, 2.24) is 14.9 Å². The summed E-state index contributed by atoms with van der Waals surface area (Å²) in [5.41, 5.74) is 7.14. The van der Waals surface area contributed by atoms with Crippen molar-refractivity contribution in [2.45, 2.75) is 32.2 Å². The third-order valence-electron chi connectivity index (χ3n) is 5.57. The zero-order valence-electron chi connectivity index (χ0n) is 15.0. The van der Waals surface area contributed by atoms with Crippen molar-refractivity contribution in [2.75, 3.05) is 30.3 Å². The van der Waals surface area contributed by atoms with E-state index in [0.717, 1.165) is 38.9 Å². The Labute approximate surface area is 154 Å². The van der Waals surface area contributed by atoms with E-state index in [1.165, 1.54) is 5.56 Å². The first-order valence-corrected chi connectivity index (χ1v) is 9.29. The fourth-order valence-electron chi connectivity index (χ4n) is 4.28. The predicted octanol–water partition coefficient (Wildman–Crippen LogP) is 2.47. The number of carbonyl (C=O) groups excluding carboxylic acids is 1. The lowest BCUT2D eigenvalue weighted by Crippen LogP contribution is -2.54. The molecule has 136 valence electrons. The minimum atomic E-state index is 0.120. The van der Waals surface area contributed by atoms with Crippen LogP contribution in [0.25, 0.3) is 0 Å². The normalized spacial score (nSPS) is 23.5. The number of likely N-dealkylation sites (tertiary alicyclic amines) is 1. The second-order valence-electron chi connectivity index (χ2n) is 7.54. The van der Waals surface area contributed by atoms with Gasteiger partial charge in [0.25, 0.3) is 0 Å². The minimum absolute atomic E-state index is 0.120. The Morgan fingerprint density at radius 3 is 2.77 bits per heavy atom. The van der Waals surface area contributed by atoms with Crippen molar-refractivity contribution in [1.29, 1.82) is 0 Å². The maximum atomic E-state index is 12.5. The average molecular weight is 351 g/mol. The molecule has 2 saturated heterocycles. The molecule has 26 heavy (non-hydrogen) atoms. The van der Waals surface area contributed by atoms with Crippen LogP contribution in [0.1, 0.15) is 31.2 Å². The Balaban J connectivity index is 1.51. The quantitative estimate of drug-likeness (QED) is 0.919. The maximum Gasteiger partial charge on any atom is 0.227 e. The van der Waals surface area contributed by atoms with Crippen LogP contribution in [0.15, 0.2) is 42.6 Å². The van der Waals surface area contributed by atoms with Crippen LogP contribution in [0.2, 0.25) is 0 Å². The number of nitrogen functional groups attached to an aromatic ring is 1. The Kier molecular flexibility index (Phi) is 4.49. The van der Waals surface area contributed by atoms with Gasteiger partial charge in [-0.15, -0.1) is 0 Å². The molecule has 6 nitrogen and oxygen atoms in total. The highest BCUT2D eigenvalue weighted by atomic mass is 16.2. The Bertz CT molecular complexity index is 781. The number of benzene rings is 1. The van der Waals surface area contributed by atoms with Crippen LogP contribution in [0, 0.1) is 5.41 Å². The van der Waals surface area contributed by atoms with Crippen LogP contribution in [-0.4, -0.2) is 40.4 Å². The molecular weight excluding hydrogens is 326 g/mol. The first-order chi connectivity index (χ1) is 12.6. The largest absolute Gasteiger partial charge is 0.384 e. The van der Waals surface area contributed by atoms with E-state index in [1.807, 2.05) is 23.1 Å². The fraction of sp³-hybridized carbons (Fsp3) is 0.450. The van der Waals surface area contributed by atoms with Gasteiger partial charge < -0.3 is 15.5 Å². The van der Waals surface area contributed by atoms with Gasteiger partial charge in [-0.05, 0) is 30.9 Å². The second-order valence-corrected chi connectivity index (χ2v) is 7.54. The van der Waals surface area contributed by atoms with Gasteiger partial charge in [0.1, 0.15) is 5.82 Å². The van der Waals surface area contributed by atoms with Crippen molar-refractivity contribution in [3.8, 4) is 0 Å². The van der Waals surface area contributed by atoms with E-state index in [4.69, 9.17) is 5.73 Å². The Morgan fingerprint density at radius 1 is 1.12 bits per heavy atom. The van der Waals surface area contributed by atoms with E-state index in [2.05, 4.69) is 27.0 Å². The maximum absolute atomic E-state index is 12.5. The van der Waals surface area contributed by atoms with Crippen LogP contribution < -0.4 is 10.6 Å². The summed E-state index contributed by atoms with van der Waals surface area (Å²) in [7, 11) is 0. The summed E-state index contributed by atoms with van der Waals surface area (Å²) in [4.78, 5) is 25.5. The molecule has 0 bridgehead atoms. The molecule has 1 aromatic carbocycles. The third kappa shape index (κ3) is 3.49. The average Bonchev–Trinajstić information content (AvgIpc) is 2.66. The number of hydrogen-bond donors (Lipinski definition) is 1. The molecule has 3 heterocycles. The molecule has 2 aromatic rings. The standard InChI is InChI=1S/C20H25N5O/c21-17-8-11-22-19(23-17)24-12-4-9-20(14-24)10-7-18(26)25(15-20)13-16-5-2-1-3-6-16/h1-3,5-6,8,11H,4,7,9-10,12-15H2,(H2,21,22,23). The van der Waals surface area contributed by atoms with Gasteiger partial charge >= 0.3 is 0 Å². The third-order valence-corrected chi connectivity index (χ3v) is 5.57. The summed E-state index contributed by atoms with van der Waals surface area (Å²) in [6.45, 7) is 3.32. The minimum Gasteiger partial charge on any atom is -0.384 e. The molecule has 2 N–H and O–H groups in total. The molecule has 4 rings (SSSR count). The van der Waals surface area contributed by atoms with Crippen molar-refractivity contribution in [3.63, 3.8) is 0 Å². The van der Waals surface area contributed by atoms with Gasteiger partial charge in [-0.25, -0.2) is 4.98 Å². The summed E-state index contributed by atoms with van der Waals surface area (Å²) in [5.74, 6) is 1.46. The lowest BCUT2D eigenvalue weighted by atomic mass is 9.73. The zero-order chi connectivity index (χ0) is 18.0. The summed E-state index contributed by atoms with van der Waals surface area (Å²) in [6.07, 6.45) is 5.51.